The normalized spacial score (nSPS) is 12.0. The quantitative estimate of drug-likeness (QED) is 0.107. The Kier molecular flexibility index (Phi) is 9.23. The van der Waals surface area contributed by atoms with Crippen LogP contribution in [0.2, 0.25) is 0 Å². The first kappa shape index (κ1) is 40.1. The average Bonchev–Trinajstić information content (AvgIpc) is 4.07. The van der Waals surface area contributed by atoms with Gasteiger partial charge in [-0.1, -0.05) is 194 Å². The molecule has 0 N–H and O–H groups in total. The highest BCUT2D eigenvalue weighted by molar-refractivity contribution is 7.19. The van der Waals surface area contributed by atoms with Crippen molar-refractivity contribution in [3.05, 3.63) is 273 Å². The van der Waals surface area contributed by atoms with Crippen molar-refractivity contribution in [3.63, 3.8) is 0 Å². The topological polar surface area (TPSA) is 14.8 Å². The largest absolute Gasteiger partial charge is 0.309 e. The van der Waals surface area contributed by atoms with E-state index in [1.54, 1.807) is 0 Å². The number of nitrogens with zero attached hydrogens (tertiary/aromatic N) is 3. The lowest BCUT2D eigenvalue weighted by Crippen LogP contribution is -2.74. The van der Waals surface area contributed by atoms with Crippen LogP contribution in [-0.4, -0.2) is 21.8 Å². The van der Waals surface area contributed by atoms with Crippen LogP contribution >= 0.6 is 0 Å². The predicted molar refractivity (Wildman–Crippen MR) is 299 cm³/mol. The van der Waals surface area contributed by atoms with E-state index >= 15 is 0 Å². The van der Waals surface area contributed by atoms with Crippen molar-refractivity contribution in [2.24, 2.45) is 0 Å². The molecule has 0 spiro atoms. The molecule has 70 heavy (non-hydrogen) atoms. The molecule has 4 heteroatoms. The van der Waals surface area contributed by atoms with E-state index in [2.05, 4.69) is 287 Å². The van der Waals surface area contributed by atoms with Crippen molar-refractivity contribution >= 4 is 94.2 Å². The van der Waals surface area contributed by atoms with Crippen LogP contribution in [0.3, 0.4) is 0 Å². The second-order valence-corrected chi connectivity index (χ2v) is 22.3. The molecule has 0 unspecified atom stereocenters. The maximum absolute atomic E-state index is 2.78. The average molecular weight is 908 g/mol. The third-order valence-corrected chi connectivity index (χ3v) is 19.5. The molecule has 0 aliphatic heterocycles. The first-order valence-electron chi connectivity index (χ1n) is 24.2. The Morgan fingerprint density at radius 1 is 0.200 bits per heavy atom. The van der Waals surface area contributed by atoms with Gasteiger partial charge in [-0.2, -0.15) is 0 Å². The van der Waals surface area contributed by atoms with Gasteiger partial charge in [-0.05, 0) is 111 Å². The Bertz CT molecular complexity index is 4180. The van der Waals surface area contributed by atoms with Gasteiger partial charge in [0.25, 0.3) is 0 Å². The lowest BCUT2D eigenvalue weighted by molar-refractivity contribution is 1.16. The van der Waals surface area contributed by atoms with Crippen LogP contribution in [0.15, 0.2) is 273 Å². The number of aromatic nitrogens is 3. The number of benzene rings is 11. The minimum Gasteiger partial charge on any atom is -0.309 e. The molecule has 0 amide bonds. The van der Waals surface area contributed by atoms with Crippen molar-refractivity contribution in [3.8, 4) is 28.2 Å². The first-order chi connectivity index (χ1) is 34.7. The Balaban J connectivity index is 0.949. The number of rotatable bonds is 8. The molecule has 0 aliphatic carbocycles. The maximum Gasteiger partial charge on any atom is 0.179 e. The van der Waals surface area contributed by atoms with Gasteiger partial charge in [-0.25, -0.2) is 0 Å². The van der Waals surface area contributed by atoms with E-state index in [-0.39, 0.29) is 0 Å². The van der Waals surface area contributed by atoms with E-state index in [1.807, 2.05) is 0 Å². The van der Waals surface area contributed by atoms with Crippen molar-refractivity contribution < 1.29 is 0 Å². The molecular weight excluding hydrogens is 863 g/mol. The maximum atomic E-state index is 2.49. The Labute approximate surface area is 407 Å². The first-order valence-corrected chi connectivity index (χ1v) is 26.2. The highest BCUT2D eigenvalue weighted by Crippen LogP contribution is 2.40. The molecule has 0 radical (unpaired) electrons. The summed E-state index contributed by atoms with van der Waals surface area (Å²) in [5.41, 5.74) is 13.0. The third-order valence-electron chi connectivity index (χ3n) is 14.8. The highest BCUT2D eigenvalue weighted by Gasteiger charge is 2.41. The van der Waals surface area contributed by atoms with Gasteiger partial charge >= 0.3 is 0 Å². The van der Waals surface area contributed by atoms with Gasteiger partial charge in [0.1, 0.15) is 0 Å². The van der Waals surface area contributed by atoms with Gasteiger partial charge < -0.3 is 13.7 Å². The van der Waals surface area contributed by atoms with E-state index in [1.165, 1.54) is 103 Å². The SMILES string of the molecule is c1ccc(-n2c3ccccc3c3cc(-c4ccc5c(c4)c4ccccc4n5-c4ccc5c6ccccc6n(-c6cccc([Si](c7ccccc7)(c7ccccc7)c7ccccc7)c6)c5c4)ccc32)cc1. The van der Waals surface area contributed by atoms with Crippen LogP contribution in [0.5, 0.6) is 0 Å². The van der Waals surface area contributed by atoms with E-state index in [0.29, 0.717) is 0 Å². The van der Waals surface area contributed by atoms with Crippen LogP contribution in [0.25, 0.3) is 93.6 Å². The molecule has 3 aromatic heterocycles. The van der Waals surface area contributed by atoms with Crippen molar-refractivity contribution in [1.82, 2.24) is 13.7 Å². The van der Waals surface area contributed by atoms with Crippen molar-refractivity contribution in [2.75, 3.05) is 0 Å². The molecular formula is C66H45N3Si. The molecule has 0 saturated carbocycles. The molecule has 0 atom stereocenters. The Morgan fingerprint density at radius 2 is 0.557 bits per heavy atom. The van der Waals surface area contributed by atoms with Crippen LogP contribution in [0, 0.1) is 0 Å². The van der Waals surface area contributed by atoms with Crippen LogP contribution < -0.4 is 20.7 Å². The third kappa shape index (κ3) is 6.07. The summed E-state index contributed by atoms with van der Waals surface area (Å²) in [5, 5.41) is 12.9. The van der Waals surface area contributed by atoms with Gasteiger partial charge in [0, 0.05) is 49.4 Å². The second-order valence-electron chi connectivity index (χ2n) is 18.5. The lowest BCUT2D eigenvalue weighted by Gasteiger charge is -2.34. The summed E-state index contributed by atoms with van der Waals surface area (Å²) < 4.78 is 7.34. The molecule has 14 rings (SSSR count). The highest BCUT2D eigenvalue weighted by atomic mass is 28.3. The van der Waals surface area contributed by atoms with E-state index < -0.39 is 8.07 Å². The summed E-state index contributed by atoms with van der Waals surface area (Å²) in [6.45, 7) is 0. The molecule has 0 fully saturated rings. The molecule has 14 aromatic rings. The van der Waals surface area contributed by atoms with Crippen LogP contribution in [0.4, 0.5) is 0 Å². The molecule has 0 bridgehead atoms. The van der Waals surface area contributed by atoms with Gasteiger partial charge in [0.2, 0.25) is 0 Å². The van der Waals surface area contributed by atoms with Crippen molar-refractivity contribution in [1.29, 1.82) is 0 Å². The molecule has 11 aromatic carbocycles. The zero-order valence-corrected chi connectivity index (χ0v) is 39.3. The minimum absolute atomic E-state index is 1.13. The summed E-state index contributed by atoms with van der Waals surface area (Å²) in [7, 11) is -2.78. The molecule has 3 nitrogen and oxygen atoms in total. The smallest absolute Gasteiger partial charge is 0.179 e. The fraction of sp³-hybridized carbons (Fsp3) is 0. The summed E-state index contributed by atoms with van der Waals surface area (Å²) >= 11 is 0. The Hall–Kier alpha value is -8.96. The van der Waals surface area contributed by atoms with Gasteiger partial charge in [0.15, 0.2) is 8.07 Å². The number of fused-ring (bicyclic) bond motifs is 9. The van der Waals surface area contributed by atoms with Crippen molar-refractivity contribution in [2.45, 2.75) is 0 Å². The lowest BCUT2D eigenvalue weighted by atomic mass is 10.0. The summed E-state index contributed by atoms with van der Waals surface area (Å²) in [6.07, 6.45) is 0. The van der Waals surface area contributed by atoms with E-state index in [9.17, 15) is 0 Å². The fourth-order valence-corrected chi connectivity index (χ4v) is 16.5. The fourth-order valence-electron chi connectivity index (χ4n) is 11.8. The predicted octanol–water partition coefficient (Wildman–Crippen LogP) is 14.0. The minimum atomic E-state index is -2.78. The van der Waals surface area contributed by atoms with Gasteiger partial charge in [0.05, 0.1) is 33.1 Å². The number of hydrogen-bond acceptors (Lipinski definition) is 0. The number of para-hydroxylation sites is 4. The monoisotopic (exact) mass is 907 g/mol. The second kappa shape index (κ2) is 16.1. The summed E-state index contributed by atoms with van der Waals surface area (Å²) in [4.78, 5) is 0. The number of hydrogen-bond donors (Lipinski definition) is 0. The Morgan fingerprint density at radius 3 is 1.07 bits per heavy atom. The van der Waals surface area contributed by atoms with Gasteiger partial charge in [-0.15, -0.1) is 0 Å². The molecule has 0 saturated heterocycles. The van der Waals surface area contributed by atoms with Gasteiger partial charge in [-0.3, -0.25) is 0 Å². The molecule has 3 heterocycles. The van der Waals surface area contributed by atoms with E-state index in [0.717, 1.165) is 11.4 Å². The van der Waals surface area contributed by atoms with Crippen LogP contribution in [0.1, 0.15) is 0 Å². The van der Waals surface area contributed by atoms with E-state index in [4.69, 9.17) is 0 Å². The zero-order chi connectivity index (χ0) is 46.2. The molecule has 0 aliphatic rings. The summed E-state index contributed by atoms with van der Waals surface area (Å²) in [6, 6.07) is 101. The standard InChI is InChI=1S/C66H45N3Si/c1-5-20-48(21-6-1)67-62-34-17-14-31-56(62)59-42-46(36-40-64(59)67)47-37-41-65-60(43-47)57-32-15-18-35-63(57)68(65)50-38-39-58-55-30-13-16-33-61(55)69(66(58)45-50)49-22-19-29-54(44-49)70(51-23-7-2-8-24-51,52-25-9-3-10-26-52)53-27-11-4-12-28-53/h1-45H. The molecule has 328 valence electrons. The summed E-state index contributed by atoms with van der Waals surface area (Å²) in [5.74, 6) is 0. The van der Waals surface area contributed by atoms with Crippen LogP contribution in [-0.2, 0) is 0 Å². The zero-order valence-electron chi connectivity index (χ0n) is 38.3.